The van der Waals surface area contributed by atoms with Crippen LogP contribution >= 0.6 is 0 Å². The number of ether oxygens (including phenoxy) is 1. The number of pyridine rings is 1. The highest BCUT2D eigenvalue weighted by molar-refractivity contribution is 5.98. The molecule has 5 atom stereocenters. The van der Waals surface area contributed by atoms with Gasteiger partial charge in [0.25, 0.3) is 0 Å². The zero-order valence-electron chi connectivity index (χ0n) is 23.7. The summed E-state index contributed by atoms with van der Waals surface area (Å²) in [4.78, 5) is 17.7. The van der Waals surface area contributed by atoms with Crippen LogP contribution in [0.5, 0.6) is 5.88 Å². The van der Waals surface area contributed by atoms with Gasteiger partial charge in [-0.3, -0.25) is 0 Å². The van der Waals surface area contributed by atoms with Crippen molar-refractivity contribution < 1.29 is 26.7 Å². The van der Waals surface area contributed by atoms with Crippen LogP contribution < -0.4 is 25.6 Å². The van der Waals surface area contributed by atoms with Crippen LogP contribution in [0.1, 0.15) is 50.7 Å². The number of nitrogen functional groups attached to an aromatic ring is 1. The quantitative estimate of drug-likeness (QED) is 0.322. The lowest BCUT2D eigenvalue weighted by Gasteiger charge is -2.50. The van der Waals surface area contributed by atoms with Gasteiger partial charge in [-0.25, -0.2) is 18.7 Å². The maximum atomic E-state index is 16.7. The van der Waals surface area contributed by atoms with Crippen LogP contribution in [0.4, 0.5) is 39.4 Å². The number of nitrogens with one attached hydrogen (secondary N) is 1. The van der Waals surface area contributed by atoms with Crippen molar-refractivity contribution in [3.8, 4) is 23.2 Å². The van der Waals surface area contributed by atoms with Crippen molar-refractivity contribution in [2.45, 2.75) is 82.4 Å². The van der Waals surface area contributed by atoms with Gasteiger partial charge < -0.3 is 25.6 Å². The van der Waals surface area contributed by atoms with E-state index in [9.17, 15) is 22.8 Å². The molecule has 4 aliphatic heterocycles. The fourth-order valence-corrected chi connectivity index (χ4v) is 7.27. The second-order valence-electron chi connectivity index (χ2n) is 12.2. The summed E-state index contributed by atoms with van der Waals surface area (Å²) in [5, 5.41) is 13.2. The number of piperazine rings is 1. The third kappa shape index (κ3) is 4.00. The summed E-state index contributed by atoms with van der Waals surface area (Å²) in [6.45, 7) is 5.76. The standard InChI is InChI=1S/C29H29F5N8O/c1-12-19(29(32,33)34)15(10-16(36)20(12)30)22-21(31)23-18-25(40-27(39-23)42-9-7-28(42,3)6-8-35)41-11-14-4-5-17(37-14)24(41)13(2)43-26(18)38-22/h10,13-14,17,24,37H,4-7,9,11,36H2,1-3H3/t13-,14+,17-,24+,28+/m0/s1. The van der Waals surface area contributed by atoms with E-state index in [4.69, 9.17) is 15.5 Å². The number of aromatic nitrogens is 3. The minimum absolute atomic E-state index is 0.0464. The molecule has 3 aromatic rings. The number of hydrogen-bond donors (Lipinski definition) is 2. The molecule has 14 heteroatoms. The number of rotatable bonds is 3. The van der Waals surface area contributed by atoms with Gasteiger partial charge in [0.15, 0.2) is 5.82 Å². The Morgan fingerprint density at radius 3 is 2.65 bits per heavy atom. The normalized spacial score (nSPS) is 27.8. The summed E-state index contributed by atoms with van der Waals surface area (Å²) in [6, 6.07) is 2.94. The van der Waals surface area contributed by atoms with E-state index in [0.717, 1.165) is 25.8 Å². The second-order valence-corrected chi connectivity index (χ2v) is 12.2. The van der Waals surface area contributed by atoms with E-state index in [1.165, 1.54) is 0 Å². The van der Waals surface area contributed by atoms with Crippen LogP contribution in [0.25, 0.3) is 22.2 Å². The molecule has 226 valence electrons. The van der Waals surface area contributed by atoms with Crippen LogP contribution in [-0.4, -0.2) is 57.8 Å². The fourth-order valence-electron chi connectivity index (χ4n) is 7.27. The number of nitriles is 1. The minimum Gasteiger partial charge on any atom is -0.472 e. The zero-order valence-corrected chi connectivity index (χ0v) is 23.7. The van der Waals surface area contributed by atoms with Gasteiger partial charge in [-0.05, 0) is 51.7 Å². The summed E-state index contributed by atoms with van der Waals surface area (Å²) in [6.07, 6.45) is -2.83. The van der Waals surface area contributed by atoms with Crippen molar-refractivity contribution >= 4 is 28.4 Å². The van der Waals surface area contributed by atoms with E-state index in [2.05, 4.69) is 26.3 Å². The molecule has 0 unspecified atom stereocenters. The molecular weight excluding hydrogens is 571 g/mol. The van der Waals surface area contributed by atoms with Crippen molar-refractivity contribution in [1.29, 1.82) is 5.26 Å². The summed E-state index contributed by atoms with van der Waals surface area (Å²) in [5.74, 6) is -1.92. The van der Waals surface area contributed by atoms with Crippen molar-refractivity contribution in [3.05, 3.63) is 28.8 Å². The van der Waals surface area contributed by atoms with E-state index in [-0.39, 0.29) is 47.3 Å². The third-order valence-corrected chi connectivity index (χ3v) is 9.53. The van der Waals surface area contributed by atoms with Gasteiger partial charge in [-0.1, -0.05) is 0 Å². The molecule has 7 rings (SSSR count). The highest BCUT2D eigenvalue weighted by Crippen LogP contribution is 2.48. The minimum atomic E-state index is -5.04. The van der Waals surface area contributed by atoms with Crippen LogP contribution in [0.3, 0.4) is 0 Å². The lowest BCUT2D eigenvalue weighted by Crippen LogP contribution is -2.62. The Bertz CT molecular complexity index is 1720. The largest absolute Gasteiger partial charge is 0.472 e. The Kier molecular flexibility index (Phi) is 5.99. The first-order valence-corrected chi connectivity index (χ1v) is 14.2. The molecule has 0 saturated carbocycles. The van der Waals surface area contributed by atoms with Gasteiger partial charge in [-0.2, -0.15) is 23.4 Å². The summed E-state index contributed by atoms with van der Waals surface area (Å²) in [5.41, 5.74) is 0.775. The number of anilines is 3. The molecule has 9 nitrogen and oxygen atoms in total. The van der Waals surface area contributed by atoms with Crippen LogP contribution in [0, 0.1) is 29.9 Å². The van der Waals surface area contributed by atoms with E-state index < -0.39 is 57.5 Å². The summed E-state index contributed by atoms with van der Waals surface area (Å²) < 4.78 is 80.7. The molecule has 3 fully saturated rings. The third-order valence-electron chi connectivity index (χ3n) is 9.53. The Hall–Kier alpha value is -3.99. The van der Waals surface area contributed by atoms with Gasteiger partial charge in [0.2, 0.25) is 11.8 Å². The van der Waals surface area contributed by atoms with Gasteiger partial charge in [0.1, 0.15) is 34.3 Å². The van der Waals surface area contributed by atoms with E-state index in [1.807, 2.05) is 18.7 Å². The molecule has 3 saturated heterocycles. The molecule has 3 N–H and O–H groups in total. The smallest absolute Gasteiger partial charge is 0.417 e. The number of alkyl halides is 3. The van der Waals surface area contributed by atoms with Gasteiger partial charge in [-0.15, -0.1) is 0 Å². The molecule has 0 radical (unpaired) electrons. The Morgan fingerprint density at radius 2 is 1.98 bits per heavy atom. The predicted octanol–water partition coefficient (Wildman–Crippen LogP) is 4.85. The molecule has 1 aromatic carbocycles. The predicted molar refractivity (Wildman–Crippen MR) is 149 cm³/mol. The number of halogens is 5. The zero-order chi connectivity index (χ0) is 30.6. The molecule has 6 heterocycles. The Labute approximate surface area is 243 Å². The molecule has 0 spiro atoms. The topological polar surface area (TPSA) is 116 Å². The first-order chi connectivity index (χ1) is 20.3. The van der Waals surface area contributed by atoms with E-state index >= 15 is 4.39 Å². The van der Waals surface area contributed by atoms with Crippen molar-refractivity contribution in [1.82, 2.24) is 20.3 Å². The number of nitrogens with zero attached hydrogens (tertiary/aromatic N) is 6. The van der Waals surface area contributed by atoms with E-state index in [1.54, 1.807) is 0 Å². The Balaban J connectivity index is 1.53. The second kappa shape index (κ2) is 9.25. The monoisotopic (exact) mass is 600 g/mol. The molecule has 2 bridgehead atoms. The fraction of sp³-hybridized carbons (Fsp3) is 0.517. The van der Waals surface area contributed by atoms with Crippen molar-refractivity contribution in [2.24, 2.45) is 0 Å². The van der Waals surface area contributed by atoms with Gasteiger partial charge in [0, 0.05) is 30.7 Å². The van der Waals surface area contributed by atoms with E-state index in [0.29, 0.717) is 25.3 Å². The molecule has 2 aromatic heterocycles. The molecule has 4 aliphatic rings. The first kappa shape index (κ1) is 27.8. The SMILES string of the molecule is Cc1c(F)c(N)cc(-c2nc3c4c(nc(N5CC[C@@]5(C)CC#N)nc4c2F)N2C[C@H]4CC[C@H](N4)[C@H]2[C@H](C)O3)c1C(F)(F)F. The Morgan fingerprint density at radius 1 is 1.21 bits per heavy atom. The average molecular weight is 601 g/mol. The molecule has 0 amide bonds. The summed E-state index contributed by atoms with van der Waals surface area (Å²) >= 11 is 0. The van der Waals surface area contributed by atoms with Crippen LogP contribution in [0.15, 0.2) is 6.07 Å². The maximum Gasteiger partial charge on any atom is 0.417 e. The average Bonchev–Trinajstić information content (AvgIpc) is 3.25. The number of hydrogen-bond acceptors (Lipinski definition) is 9. The van der Waals surface area contributed by atoms with Crippen LogP contribution in [-0.2, 0) is 6.18 Å². The molecular formula is C29H29F5N8O. The maximum absolute atomic E-state index is 16.7. The number of benzene rings is 1. The molecule has 0 aliphatic carbocycles. The van der Waals surface area contributed by atoms with Crippen molar-refractivity contribution in [2.75, 3.05) is 28.6 Å². The molecule has 43 heavy (non-hydrogen) atoms. The number of fused-ring (bicyclic) bond motifs is 5. The van der Waals surface area contributed by atoms with Crippen molar-refractivity contribution in [3.63, 3.8) is 0 Å². The highest BCUT2D eigenvalue weighted by atomic mass is 19.4. The number of nitrogens with two attached hydrogens (primary N) is 1. The first-order valence-electron chi connectivity index (χ1n) is 14.2. The summed E-state index contributed by atoms with van der Waals surface area (Å²) in [7, 11) is 0. The van der Waals surface area contributed by atoms with Gasteiger partial charge >= 0.3 is 6.18 Å². The van der Waals surface area contributed by atoms with Crippen LogP contribution in [0.2, 0.25) is 0 Å². The lowest BCUT2D eigenvalue weighted by molar-refractivity contribution is -0.137. The van der Waals surface area contributed by atoms with Gasteiger partial charge in [0.05, 0.1) is 35.3 Å². The highest BCUT2D eigenvalue weighted by Gasteiger charge is 2.49. The lowest BCUT2D eigenvalue weighted by atomic mass is 9.84.